The molecule has 5 nitrogen and oxygen atoms in total. The number of pyridine rings is 1. The molecule has 5 heteroatoms. The lowest BCUT2D eigenvalue weighted by atomic mass is 9.86. The first-order valence-electron chi connectivity index (χ1n) is 6.78. The van der Waals surface area contributed by atoms with Gasteiger partial charge in [-0.1, -0.05) is 6.07 Å². The molecule has 1 aromatic rings. The minimum atomic E-state index is -0.0459. The first-order chi connectivity index (χ1) is 9.07. The van der Waals surface area contributed by atoms with E-state index in [-0.39, 0.29) is 11.6 Å². The Morgan fingerprint density at radius 1 is 1.42 bits per heavy atom. The number of morpholine rings is 1. The van der Waals surface area contributed by atoms with Crippen molar-refractivity contribution >= 4 is 5.82 Å². The normalized spacial score (nSPS) is 19.3. The largest absolute Gasteiger partial charge is 0.383 e. The summed E-state index contributed by atoms with van der Waals surface area (Å²) in [6.07, 6.45) is 1.73. The van der Waals surface area contributed by atoms with Crippen LogP contribution in [0.2, 0.25) is 0 Å². The van der Waals surface area contributed by atoms with Crippen LogP contribution in [-0.2, 0) is 4.74 Å². The summed E-state index contributed by atoms with van der Waals surface area (Å²) in [4.78, 5) is 6.65. The quantitative estimate of drug-likeness (QED) is 0.850. The van der Waals surface area contributed by atoms with Gasteiger partial charge in [0.25, 0.3) is 0 Å². The van der Waals surface area contributed by atoms with Gasteiger partial charge in [-0.15, -0.1) is 0 Å². The fraction of sp³-hybridized carbons (Fsp3) is 0.643. The summed E-state index contributed by atoms with van der Waals surface area (Å²) in [6.45, 7) is 7.97. The number of aromatic nitrogens is 1. The van der Waals surface area contributed by atoms with E-state index < -0.39 is 0 Å². The predicted molar refractivity (Wildman–Crippen MR) is 76.9 cm³/mol. The van der Waals surface area contributed by atoms with Crippen LogP contribution in [0.15, 0.2) is 18.3 Å². The smallest absolute Gasteiger partial charge is 0.128 e. The van der Waals surface area contributed by atoms with Gasteiger partial charge in [0.05, 0.1) is 19.3 Å². The Morgan fingerprint density at radius 3 is 2.68 bits per heavy atom. The van der Waals surface area contributed by atoms with Gasteiger partial charge in [0.15, 0.2) is 0 Å². The van der Waals surface area contributed by atoms with Crippen LogP contribution in [0.5, 0.6) is 0 Å². The molecule has 1 fully saturated rings. The minimum absolute atomic E-state index is 0.0459. The van der Waals surface area contributed by atoms with Gasteiger partial charge in [-0.3, -0.25) is 4.90 Å². The molecule has 1 aliphatic heterocycles. The molecule has 0 amide bonds. The summed E-state index contributed by atoms with van der Waals surface area (Å²) >= 11 is 0. The molecule has 1 saturated heterocycles. The molecule has 19 heavy (non-hydrogen) atoms. The van der Waals surface area contributed by atoms with E-state index >= 15 is 0 Å². The molecular weight excluding hydrogens is 240 g/mol. The molecule has 1 atom stereocenters. The highest BCUT2D eigenvalue weighted by Crippen LogP contribution is 2.33. The summed E-state index contributed by atoms with van der Waals surface area (Å²) in [6, 6.07) is 4.12. The van der Waals surface area contributed by atoms with E-state index in [1.165, 1.54) is 0 Å². The van der Waals surface area contributed by atoms with Crippen LogP contribution in [0.25, 0.3) is 0 Å². The van der Waals surface area contributed by atoms with E-state index in [9.17, 15) is 0 Å². The molecule has 0 aromatic carbocycles. The second-order valence-electron chi connectivity index (χ2n) is 5.45. The Bertz CT molecular complexity index is 416. The zero-order chi connectivity index (χ0) is 13.9. The Balaban J connectivity index is 2.27. The van der Waals surface area contributed by atoms with Crippen molar-refractivity contribution in [2.45, 2.75) is 25.4 Å². The third-order valence-electron chi connectivity index (χ3n) is 4.00. The number of ether oxygens (including phenoxy) is 1. The van der Waals surface area contributed by atoms with Crippen molar-refractivity contribution in [2.24, 2.45) is 0 Å². The van der Waals surface area contributed by atoms with Crippen LogP contribution in [0.3, 0.4) is 0 Å². The summed E-state index contributed by atoms with van der Waals surface area (Å²) in [5.41, 5.74) is 7.04. The van der Waals surface area contributed by atoms with E-state index in [0.29, 0.717) is 5.82 Å². The highest BCUT2D eigenvalue weighted by Gasteiger charge is 2.37. The van der Waals surface area contributed by atoms with E-state index in [1.807, 2.05) is 19.2 Å². The lowest BCUT2D eigenvalue weighted by Gasteiger charge is -2.46. The van der Waals surface area contributed by atoms with Gasteiger partial charge in [-0.2, -0.15) is 0 Å². The van der Waals surface area contributed by atoms with Crippen molar-refractivity contribution in [2.75, 3.05) is 39.1 Å². The molecule has 1 aromatic heterocycles. The van der Waals surface area contributed by atoms with Gasteiger partial charge >= 0.3 is 0 Å². The SMILES string of the molecule is CNC(c1cccnc1N)C(C)(C)N1CCOCC1. The third kappa shape index (κ3) is 2.88. The lowest BCUT2D eigenvalue weighted by molar-refractivity contribution is -0.0228. The van der Waals surface area contributed by atoms with Crippen molar-refractivity contribution in [3.05, 3.63) is 23.9 Å². The maximum atomic E-state index is 6.03. The summed E-state index contributed by atoms with van der Waals surface area (Å²) in [7, 11) is 1.97. The van der Waals surface area contributed by atoms with Gasteiger partial charge in [0, 0.05) is 30.4 Å². The van der Waals surface area contributed by atoms with Crippen LogP contribution >= 0.6 is 0 Å². The molecule has 0 spiro atoms. The van der Waals surface area contributed by atoms with Crippen molar-refractivity contribution in [1.29, 1.82) is 0 Å². The maximum absolute atomic E-state index is 6.03. The fourth-order valence-electron chi connectivity index (χ4n) is 2.89. The second-order valence-corrected chi connectivity index (χ2v) is 5.45. The summed E-state index contributed by atoms with van der Waals surface area (Å²) in [5.74, 6) is 0.600. The van der Waals surface area contributed by atoms with Crippen molar-refractivity contribution < 1.29 is 4.74 Å². The van der Waals surface area contributed by atoms with E-state index in [0.717, 1.165) is 31.9 Å². The molecule has 2 heterocycles. The number of hydrogen-bond donors (Lipinski definition) is 2. The lowest BCUT2D eigenvalue weighted by Crippen LogP contribution is -2.55. The molecule has 0 radical (unpaired) electrons. The maximum Gasteiger partial charge on any atom is 0.128 e. The third-order valence-corrected chi connectivity index (χ3v) is 4.00. The standard InChI is InChI=1S/C14H24N4O/c1-14(2,18-7-9-19-10-8-18)12(16-3)11-5-4-6-17-13(11)15/h4-6,12,16H,7-10H2,1-3H3,(H2,15,17). The molecule has 2 rings (SSSR count). The Labute approximate surface area is 115 Å². The monoisotopic (exact) mass is 264 g/mol. The highest BCUT2D eigenvalue weighted by molar-refractivity contribution is 5.42. The van der Waals surface area contributed by atoms with Gasteiger partial charge in [0.2, 0.25) is 0 Å². The van der Waals surface area contributed by atoms with Crippen LogP contribution < -0.4 is 11.1 Å². The van der Waals surface area contributed by atoms with Crippen molar-refractivity contribution in [3.8, 4) is 0 Å². The zero-order valence-corrected chi connectivity index (χ0v) is 12.0. The number of likely N-dealkylation sites (N-methyl/N-ethyl adjacent to an activating group) is 1. The van der Waals surface area contributed by atoms with Crippen molar-refractivity contribution in [3.63, 3.8) is 0 Å². The minimum Gasteiger partial charge on any atom is -0.383 e. The number of anilines is 1. The van der Waals surface area contributed by atoms with Crippen LogP contribution in [-0.4, -0.2) is 48.8 Å². The molecule has 0 bridgehead atoms. The highest BCUT2D eigenvalue weighted by atomic mass is 16.5. The molecule has 3 N–H and O–H groups in total. The Hall–Kier alpha value is -1.17. The molecule has 0 aliphatic carbocycles. The Morgan fingerprint density at radius 2 is 2.11 bits per heavy atom. The fourth-order valence-corrected chi connectivity index (χ4v) is 2.89. The number of nitrogens with two attached hydrogens (primary N) is 1. The average molecular weight is 264 g/mol. The molecule has 1 unspecified atom stereocenters. The average Bonchev–Trinajstić information content (AvgIpc) is 2.42. The summed E-state index contributed by atoms with van der Waals surface area (Å²) < 4.78 is 5.44. The molecule has 1 aliphatic rings. The first-order valence-corrected chi connectivity index (χ1v) is 6.78. The van der Waals surface area contributed by atoms with Crippen molar-refractivity contribution in [1.82, 2.24) is 15.2 Å². The van der Waals surface area contributed by atoms with E-state index in [4.69, 9.17) is 10.5 Å². The van der Waals surface area contributed by atoms with Gasteiger partial charge in [-0.25, -0.2) is 4.98 Å². The van der Waals surface area contributed by atoms with Crippen LogP contribution in [0, 0.1) is 0 Å². The van der Waals surface area contributed by atoms with Crippen LogP contribution in [0.1, 0.15) is 25.5 Å². The van der Waals surface area contributed by atoms with Gasteiger partial charge < -0.3 is 15.8 Å². The second kappa shape index (κ2) is 5.86. The molecule has 0 saturated carbocycles. The summed E-state index contributed by atoms with van der Waals surface area (Å²) in [5, 5.41) is 3.39. The van der Waals surface area contributed by atoms with Gasteiger partial charge in [0.1, 0.15) is 5.82 Å². The van der Waals surface area contributed by atoms with E-state index in [2.05, 4.69) is 29.0 Å². The predicted octanol–water partition coefficient (Wildman–Crippen LogP) is 1.04. The number of nitrogen functional groups attached to an aromatic ring is 1. The van der Waals surface area contributed by atoms with E-state index in [1.54, 1.807) is 6.20 Å². The topological polar surface area (TPSA) is 63.4 Å². The zero-order valence-electron chi connectivity index (χ0n) is 12.0. The number of hydrogen-bond acceptors (Lipinski definition) is 5. The number of nitrogens with zero attached hydrogens (tertiary/aromatic N) is 2. The first kappa shape index (κ1) is 14.2. The number of rotatable bonds is 4. The van der Waals surface area contributed by atoms with Crippen LogP contribution in [0.4, 0.5) is 5.82 Å². The molecule has 106 valence electrons. The Kier molecular flexibility index (Phi) is 4.39. The number of nitrogens with one attached hydrogen (secondary N) is 1. The molecular formula is C14H24N4O. The van der Waals surface area contributed by atoms with Gasteiger partial charge in [-0.05, 0) is 27.0 Å².